The van der Waals surface area contributed by atoms with E-state index in [-0.39, 0.29) is 24.8 Å². The molecule has 0 radical (unpaired) electrons. The average molecular weight is 307 g/mol. The summed E-state index contributed by atoms with van der Waals surface area (Å²) in [5, 5.41) is 15.7. The van der Waals surface area contributed by atoms with Crippen LogP contribution in [0.3, 0.4) is 0 Å². The van der Waals surface area contributed by atoms with Crippen LogP contribution in [0, 0.1) is 0 Å². The molecule has 1 aliphatic rings. The smallest absolute Gasteiger partial charge is 0.406 e. The lowest BCUT2D eigenvalue weighted by Gasteiger charge is -2.40. The van der Waals surface area contributed by atoms with Gasteiger partial charge >= 0.3 is 18.2 Å². The van der Waals surface area contributed by atoms with Crippen molar-refractivity contribution in [2.45, 2.75) is 12.2 Å². The van der Waals surface area contributed by atoms with Gasteiger partial charge in [0.25, 0.3) is 0 Å². The molecule has 0 atom stereocenters. The van der Waals surface area contributed by atoms with Crippen LogP contribution >= 0.6 is 0 Å². The Hall–Kier alpha value is -2.33. The molecular weight excluding hydrogens is 295 g/mol. The molecule has 2 heterocycles. The fourth-order valence-corrected chi connectivity index (χ4v) is 1.91. The molecule has 11 heteroatoms. The third-order valence-corrected chi connectivity index (χ3v) is 2.98. The second-order valence-electron chi connectivity index (χ2n) is 4.70. The van der Waals surface area contributed by atoms with E-state index in [2.05, 4.69) is 10.3 Å². The number of nitrogens with zero attached hydrogens (tertiary/aromatic N) is 5. The molecular formula is C10H12F3N5O3. The highest BCUT2D eigenvalue weighted by Gasteiger charge is 2.38. The van der Waals surface area contributed by atoms with Crippen LogP contribution in [0.2, 0.25) is 0 Å². The van der Waals surface area contributed by atoms with Gasteiger partial charge in [-0.1, -0.05) is 5.21 Å². The lowest BCUT2D eigenvalue weighted by atomic mass is 10.1. The summed E-state index contributed by atoms with van der Waals surface area (Å²) < 4.78 is 37.8. The van der Waals surface area contributed by atoms with Crippen molar-refractivity contribution in [3.05, 3.63) is 11.9 Å². The number of carboxylic acid groups (broad SMARTS) is 1. The number of urea groups is 1. The molecule has 0 unspecified atom stereocenters. The maximum atomic E-state index is 12.2. The van der Waals surface area contributed by atoms with Crippen molar-refractivity contribution in [2.24, 2.45) is 0 Å². The van der Waals surface area contributed by atoms with E-state index in [0.717, 1.165) is 7.05 Å². The maximum absolute atomic E-state index is 12.2. The van der Waals surface area contributed by atoms with Gasteiger partial charge in [-0.3, -0.25) is 0 Å². The molecule has 2 amide bonds. The largest absolute Gasteiger partial charge is 0.476 e. The summed E-state index contributed by atoms with van der Waals surface area (Å²) >= 11 is 0. The van der Waals surface area contributed by atoms with Crippen molar-refractivity contribution < 1.29 is 27.9 Å². The molecule has 1 aromatic heterocycles. The summed E-state index contributed by atoms with van der Waals surface area (Å²) in [6.45, 7) is -1.01. The summed E-state index contributed by atoms with van der Waals surface area (Å²) in [6.07, 6.45) is -3.23. The number of likely N-dealkylation sites (tertiary alicyclic amines) is 1. The van der Waals surface area contributed by atoms with E-state index in [1.807, 2.05) is 0 Å². The van der Waals surface area contributed by atoms with Crippen LogP contribution < -0.4 is 0 Å². The molecule has 1 aromatic rings. The number of aromatic nitrogens is 3. The third-order valence-electron chi connectivity index (χ3n) is 2.98. The van der Waals surface area contributed by atoms with E-state index in [1.165, 1.54) is 15.8 Å². The molecule has 21 heavy (non-hydrogen) atoms. The lowest BCUT2D eigenvalue weighted by Crippen LogP contribution is -2.55. The number of carbonyl (C=O) groups is 2. The summed E-state index contributed by atoms with van der Waals surface area (Å²) in [5.74, 6) is -1.22. The Morgan fingerprint density at radius 3 is 2.57 bits per heavy atom. The zero-order valence-corrected chi connectivity index (χ0v) is 10.9. The van der Waals surface area contributed by atoms with Gasteiger partial charge in [-0.2, -0.15) is 13.2 Å². The highest BCUT2D eigenvalue weighted by Crippen LogP contribution is 2.23. The van der Waals surface area contributed by atoms with Crippen LogP contribution in [0.4, 0.5) is 18.0 Å². The van der Waals surface area contributed by atoms with E-state index < -0.39 is 24.7 Å². The van der Waals surface area contributed by atoms with Crippen molar-refractivity contribution in [1.29, 1.82) is 0 Å². The number of carboxylic acids is 1. The summed E-state index contributed by atoms with van der Waals surface area (Å²) in [5.41, 5.74) is -0.228. The van der Waals surface area contributed by atoms with Gasteiger partial charge in [0.05, 0.1) is 12.2 Å². The Kier molecular flexibility index (Phi) is 3.75. The molecule has 8 nitrogen and oxygen atoms in total. The van der Waals surface area contributed by atoms with Gasteiger partial charge in [0, 0.05) is 20.1 Å². The second kappa shape index (κ2) is 5.22. The van der Waals surface area contributed by atoms with Gasteiger partial charge in [-0.15, -0.1) is 5.10 Å². The van der Waals surface area contributed by atoms with Crippen molar-refractivity contribution in [3.63, 3.8) is 0 Å². The number of halogens is 3. The van der Waals surface area contributed by atoms with Crippen LogP contribution in [-0.4, -0.2) is 74.8 Å². The summed E-state index contributed by atoms with van der Waals surface area (Å²) in [6, 6.07) is -1.02. The lowest BCUT2D eigenvalue weighted by molar-refractivity contribution is -0.139. The van der Waals surface area contributed by atoms with Crippen molar-refractivity contribution >= 4 is 12.0 Å². The van der Waals surface area contributed by atoms with Crippen LogP contribution in [0.1, 0.15) is 16.5 Å². The first-order chi connectivity index (χ1) is 9.67. The minimum Gasteiger partial charge on any atom is -0.476 e. The molecule has 0 spiro atoms. The number of alkyl halides is 3. The summed E-state index contributed by atoms with van der Waals surface area (Å²) in [7, 11) is 1.07. The van der Waals surface area contributed by atoms with Gasteiger partial charge in [0.15, 0.2) is 5.69 Å². The zero-order chi connectivity index (χ0) is 15.8. The van der Waals surface area contributed by atoms with Gasteiger partial charge in [-0.25, -0.2) is 14.3 Å². The Morgan fingerprint density at radius 2 is 2.10 bits per heavy atom. The monoisotopic (exact) mass is 307 g/mol. The number of rotatable bonds is 3. The molecule has 1 fully saturated rings. The van der Waals surface area contributed by atoms with Crippen LogP contribution in [-0.2, 0) is 0 Å². The topological polar surface area (TPSA) is 91.6 Å². The van der Waals surface area contributed by atoms with Gasteiger partial charge in [0.1, 0.15) is 6.54 Å². The standard InChI is InChI=1S/C10H12F3N5O3/c1-16(5-10(11,12)13)9(21)17-2-6(3-17)18-4-7(8(19)20)14-15-18/h4,6H,2-3,5H2,1H3,(H,19,20). The number of aromatic carboxylic acids is 1. The predicted octanol–water partition coefficient (Wildman–Crippen LogP) is 0.447. The number of hydrogen-bond donors (Lipinski definition) is 1. The van der Waals surface area contributed by atoms with Gasteiger partial charge in [0.2, 0.25) is 0 Å². The van der Waals surface area contributed by atoms with Crippen LogP contribution in [0.15, 0.2) is 6.20 Å². The molecule has 1 N–H and O–H groups in total. The van der Waals surface area contributed by atoms with Crippen molar-refractivity contribution in [2.75, 3.05) is 26.7 Å². The second-order valence-corrected chi connectivity index (χ2v) is 4.70. The molecule has 2 rings (SSSR count). The Bertz CT molecular complexity index is 552. The normalized spacial score (nSPS) is 15.7. The molecule has 0 aliphatic carbocycles. The first kappa shape index (κ1) is 15.1. The fourth-order valence-electron chi connectivity index (χ4n) is 1.91. The third kappa shape index (κ3) is 3.41. The van der Waals surface area contributed by atoms with E-state index >= 15 is 0 Å². The molecule has 1 aliphatic heterocycles. The summed E-state index contributed by atoms with van der Waals surface area (Å²) in [4.78, 5) is 24.2. The molecule has 0 bridgehead atoms. The zero-order valence-electron chi connectivity index (χ0n) is 10.9. The Morgan fingerprint density at radius 1 is 1.48 bits per heavy atom. The first-order valence-electron chi connectivity index (χ1n) is 5.89. The van der Waals surface area contributed by atoms with Crippen molar-refractivity contribution in [3.8, 4) is 0 Å². The van der Waals surface area contributed by atoms with Crippen LogP contribution in [0.25, 0.3) is 0 Å². The average Bonchev–Trinajstić information content (AvgIpc) is 2.73. The van der Waals surface area contributed by atoms with E-state index in [0.29, 0.717) is 4.90 Å². The minimum absolute atomic E-state index is 0.156. The first-order valence-corrected chi connectivity index (χ1v) is 5.89. The highest BCUT2D eigenvalue weighted by atomic mass is 19.4. The molecule has 0 saturated carbocycles. The van der Waals surface area contributed by atoms with E-state index in [4.69, 9.17) is 5.11 Å². The Labute approximate surface area is 116 Å². The molecule has 116 valence electrons. The highest BCUT2D eigenvalue weighted by molar-refractivity contribution is 5.84. The fraction of sp³-hybridized carbons (Fsp3) is 0.600. The minimum atomic E-state index is -4.45. The number of hydrogen-bond acceptors (Lipinski definition) is 4. The maximum Gasteiger partial charge on any atom is 0.406 e. The molecule has 0 aromatic carbocycles. The van der Waals surface area contributed by atoms with Gasteiger partial charge < -0.3 is 14.9 Å². The van der Waals surface area contributed by atoms with Crippen LogP contribution in [0.5, 0.6) is 0 Å². The number of amides is 2. The van der Waals surface area contributed by atoms with E-state index in [9.17, 15) is 22.8 Å². The predicted molar refractivity (Wildman–Crippen MR) is 61.7 cm³/mol. The van der Waals surface area contributed by atoms with Gasteiger partial charge in [-0.05, 0) is 0 Å². The van der Waals surface area contributed by atoms with E-state index in [1.54, 1.807) is 0 Å². The van der Waals surface area contributed by atoms with Crippen molar-refractivity contribution in [1.82, 2.24) is 24.8 Å². The quantitative estimate of drug-likeness (QED) is 0.875. The number of carbonyl (C=O) groups excluding carboxylic acids is 1. The SMILES string of the molecule is CN(CC(F)(F)F)C(=O)N1CC(n2cc(C(=O)O)nn2)C1. The Balaban J connectivity index is 1.88. The molecule has 1 saturated heterocycles.